The minimum absolute atomic E-state index is 0.00615. The third kappa shape index (κ3) is 4.51. The lowest BCUT2D eigenvalue weighted by Crippen LogP contribution is -2.46. The van der Waals surface area contributed by atoms with E-state index in [9.17, 15) is 4.79 Å². The highest BCUT2D eigenvalue weighted by Gasteiger charge is 2.25. The Bertz CT molecular complexity index is 628. The molecule has 124 valence electrons. The molecule has 0 saturated carbocycles. The van der Waals surface area contributed by atoms with Crippen molar-refractivity contribution >= 4 is 17.4 Å². The van der Waals surface area contributed by atoms with Crippen LogP contribution in [0.5, 0.6) is 0 Å². The third-order valence-corrected chi connectivity index (χ3v) is 4.62. The van der Waals surface area contributed by atoms with Crippen molar-refractivity contribution in [2.24, 2.45) is 5.92 Å². The molecule has 0 radical (unpaired) electrons. The molecule has 0 aromatic carbocycles. The summed E-state index contributed by atoms with van der Waals surface area (Å²) in [6.45, 7) is 3.98. The smallest absolute Gasteiger partial charge is 0.317 e. The SMILES string of the molecule is Cc1noc(CC2CCCN(C(=O)NCCc3cscn3)C2)n1. The summed E-state index contributed by atoms with van der Waals surface area (Å²) in [6.07, 6.45) is 3.61. The largest absolute Gasteiger partial charge is 0.339 e. The normalized spacial score (nSPS) is 18.1. The van der Waals surface area contributed by atoms with Crippen LogP contribution in [-0.2, 0) is 12.8 Å². The van der Waals surface area contributed by atoms with E-state index in [1.54, 1.807) is 11.3 Å². The maximum Gasteiger partial charge on any atom is 0.317 e. The summed E-state index contributed by atoms with van der Waals surface area (Å²) < 4.78 is 5.18. The Morgan fingerprint density at radius 3 is 3.22 bits per heavy atom. The van der Waals surface area contributed by atoms with Gasteiger partial charge in [0.1, 0.15) is 0 Å². The number of hydrogen-bond donors (Lipinski definition) is 1. The number of likely N-dealkylation sites (tertiary alicyclic amines) is 1. The number of rotatable bonds is 5. The second-order valence-electron chi connectivity index (χ2n) is 5.86. The van der Waals surface area contributed by atoms with E-state index in [1.807, 2.05) is 22.7 Å². The topological polar surface area (TPSA) is 84.2 Å². The van der Waals surface area contributed by atoms with E-state index in [0.29, 0.717) is 24.2 Å². The molecule has 1 N–H and O–H groups in total. The summed E-state index contributed by atoms with van der Waals surface area (Å²) in [7, 11) is 0. The predicted molar refractivity (Wildman–Crippen MR) is 86.3 cm³/mol. The van der Waals surface area contributed by atoms with Crippen LogP contribution in [0.3, 0.4) is 0 Å². The number of thiazole rings is 1. The van der Waals surface area contributed by atoms with Crippen molar-refractivity contribution in [3.63, 3.8) is 0 Å². The molecule has 1 aliphatic rings. The molecule has 3 rings (SSSR count). The number of piperidine rings is 1. The summed E-state index contributed by atoms with van der Waals surface area (Å²) in [5.74, 6) is 1.71. The van der Waals surface area contributed by atoms with Crippen LogP contribution in [-0.4, -0.2) is 45.7 Å². The van der Waals surface area contributed by atoms with Crippen molar-refractivity contribution in [1.82, 2.24) is 25.3 Å². The fraction of sp³-hybridized carbons (Fsp3) is 0.600. The molecule has 2 amide bonds. The van der Waals surface area contributed by atoms with Crippen molar-refractivity contribution in [1.29, 1.82) is 0 Å². The van der Waals surface area contributed by atoms with Crippen LogP contribution in [0.2, 0.25) is 0 Å². The maximum absolute atomic E-state index is 12.3. The first-order chi connectivity index (χ1) is 11.2. The molecule has 2 aromatic heterocycles. The van der Waals surface area contributed by atoms with Gasteiger partial charge in [-0.2, -0.15) is 4.98 Å². The zero-order valence-corrected chi connectivity index (χ0v) is 14.0. The quantitative estimate of drug-likeness (QED) is 0.904. The summed E-state index contributed by atoms with van der Waals surface area (Å²) >= 11 is 1.58. The summed E-state index contributed by atoms with van der Waals surface area (Å²) in [5, 5.41) is 8.81. The van der Waals surface area contributed by atoms with Gasteiger partial charge in [0.05, 0.1) is 11.2 Å². The number of urea groups is 1. The minimum Gasteiger partial charge on any atom is -0.339 e. The molecule has 1 unspecified atom stereocenters. The zero-order chi connectivity index (χ0) is 16.1. The van der Waals surface area contributed by atoms with E-state index < -0.39 is 0 Å². The number of nitrogens with one attached hydrogen (secondary N) is 1. The van der Waals surface area contributed by atoms with Gasteiger partial charge in [-0.3, -0.25) is 0 Å². The molecule has 0 spiro atoms. The average Bonchev–Trinajstić information content (AvgIpc) is 3.19. The molecule has 2 aromatic rings. The molecular weight excluding hydrogens is 314 g/mol. The monoisotopic (exact) mass is 335 g/mol. The lowest BCUT2D eigenvalue weighted by Gasteiger charge is -2.32. The Morgan fingerprint density at radius 2 is 2.48 bits per heavy atom. The van der Waals surface area contributed by atoms with Gasteiger partial charge in [-0.25, -0.2) is 9.78 Å². The van der Waals surface area contributed by atoms with E-state index >= 15 is 0 Å². The molecular formula is C15H21N5O2S. The van der Waals surface area contributed by atoms with Crippen LogP contribution in [0.15, 0.2) is 15.4 Å². The van der Waals surface area contributed by atoms with Gasteiger partial charge in [0.15, 0.2) is 5.82 Å². The molecule has 7 nitrogen and oxygen atoms in total. The Kier molecular flexibility index (Phi) is 5.22. The summed E-state index contributed by atoms with van der Waals surface area (Å²) in [4.78, 5) is 22.6. The van der Waals surface area contributed by atoms with Crippen LogP contribution in [0.25, 0.3) is 0 Å². The highest BCUT2D eigenvalue weighted by atomic mass is 32.1. The molecule has 23 heavy (non-hydrogen) atoms. The molecule has 0 bridgehead atoms. The van der Waals surface area contributed by atoms with Gasteiger partial charge in [0.25, 0.3) is 0 Å². The van der Waals surface area contributed by atoms with E-state index in [-0.39, 0.29) is 6.03 Å². The summed E-state index contributed by atoms with van der Waals surface area (Å²) in [5.41, 5.74) is 2.84. The van der Waals surface area contributed by atoms with Crippen LogP contribution >= 0.6 is 11.3 Å². The fourth-order valence-corrected chi connectivity index (χ4v) is 3.45. The van der Waals surface area contributed by atoms with Gasteiger partial charge in [-0.15, -0.1) is 11.3 Å². The molecule has 0 aliphatic carbocycles. The van der Waals surface area contributed by atoms with E-state index in [4.69, 9.17) is 4.52 Å². The lowest BCUT2D eigenvalue weighted by molar-refractivity contribution is 0.162. The van der Waals surface area contributed by atoms with Crippen molar-refractivity contribution < 1.29 is 9.32 Å². The molecule has 1 saturated heterocycles. The van der Waals surface area contributed by atoms with Crippen molar-refractivity contribution in [3.05, 3.63) is 28.3 Å². The maximum atomic E-state index is 12.3. The van der Waals surface area contributed by atoms with Crippen LogP contribution in [0.4, 0.5) is 4.79 Å². The molecule has 3 heterocycles. The number of aryl methyl sites for hydroxylation is 1. The summed E-state index contributed by atoms with van der Waals surface area (Å²) in [6, 6.07) is 0.00615. The number of hydrogen-bond acceptors (Lipinski definition) is 6. The highest BCUT2D eigenvalue weighted by molar-refractivity contribution is 7.07. The Labute approximate surface area is 139 Å². The van der Waals surface area contributed by atoms with Crippen molar-refractivity contribution in [3.8, 4) is 0 Å². The van der Waals surface area contributed by atoms with Gasteiger partial charge >= 0.3 is 6.03 Å². The molecule has 1 atom stereocenters. The van der Waals surface area contributed by atoms with Gasteiger partial charge in [0.2, 0.25) is 5.89 Å². The first-order valence-electron chi connectivity index (χ1n) is 7.89. The van der Waals surface area contributed by atoms with Gasteiger partial charge in [-0.05, 0) is 25.7 Å². The number of nitrogens with zero attached hydrogens (tertiary/aromatic N) is 4. The van der Waals surface area contributed by atoms with Crippen LogP contribution in [0, 0.1) is 12.8 Å². The molecule has 8 heteroatoms. The second kappa shape index (κ2) is 7.54. The Balaban J connectivity index is 1.44. The third-order valence-electron chi connectivity index (χ3n) is 3.98. The second-order valence-corrected chi connectivity index (χ2v) is 6.57. The highest BCUT2D eigenvalue weighted by Crippen LogP contribution is 2.20. The number of carbonyl (C=O) groups excluding carboxylic acids is 1. The molecule has 1 aliphatic heterocycles. The Morgan fingerprint density at radius 1 is 1.57 bits per heavy atom. The lowest BCUT2D eigenvalue weighted by atomic mass is 9.95. The van der Waals surface area contributed by atoms with Crippen LogP contribution < -0.4 is 5.32 Å². The van der Waals surface area contributed by atoms with Crippen LogP contribution in [0.1, 0.15) is 30.3 Å². The minimum atomic E-state index is 0.00615. The standard InChI is InChI=1S/C15H21N5O2S/c1-11-18-14(22-19-11)7-12-3-2-6-20(8-12)15(21)16-5-4-13-9-23-10-17-13/h9-10,12H,2-8H2,1H3,(H,16,21). The van der Waals surface area contributed by atoms with Crippen molar-refractivity contribution in [2.75, 3.05) is 19.6 Å². The first-order valence-corrected chi connectivity index (χ1v) is 8.84. The number of amides is 2. The van der Waals surface area contributed by atoms with Crippen molar-refractivity contribution in [2.45, 2.75) is 32.6 Å². The zero-order valence-electron chi connectivity index (χ0n) is 13.2. The van der Waals surface area contributed by atoms with Gasteiger partial charge in [-0.1, -0.05) is 5.16 Å². The number of carbonyl (C=O) groups is 1. The number of aromatic nitrogens is 3. The van der Waals surface area contributed by atoms with Gasteiger partial charge in [0, 0.05) is 37.9 Å². The van der Waals surface area contributed by atoms with E-state index in [2.05, 4.69) is 20.4 Å². The average molecular weight is 335 g/mol. The van der Waals surface area contributed by atoms with E-state index in [0.717, 1.165) is 44.5 Å². The fourth-order valence-electron chi connectivity index (χ4n) is 2.86. The predicted octanol–water partition coefficient (Wildman–Crippen LogP) is 2.04. The molecule has 1 fully saturated rings. The van der Waals surface area contributed by atoms with Gasteiger partial charge < -0.3 is 14.7 Å². The van der Waals surface area contributed by atoms with E-state index in [1.165, 1.54) is 0 Å². The first kappa shape index (κ1) is 15.9. The Hall–Kier alpha value is -1.96.